The normalized spacial score (nSPS) is 17.5. The van der Waals surface area contributed by atoms with Crippen LogP contribution >= 0.6 is 11.3 Å². The number of urea groups is 1. The second kappa shape index (κ2) is 6.97. The Bertz CT molecular complexity index is 763. The second-order valence-corrected chi connectivity index (χ2v) is 8.02. The molecule has 0 bridgehead atoms. The van der Waals surface area contributed by atoms with Gasteiger partial charge >= 0.3 is 6.03 Å². The van der Waals surface area contributed by atoms with E-state index in [1.807, 2.05) is 20.8 Å². The fourth-order valence-electron chi connectivity index (χ4n) is 2.66. The van der Waals surface area contributed by atoms with Crippen LogP contribution in [-0.4, -0.2) is 27.9 Å². The Kier molecular flexibility index (Phi) is 4.91. The Morgan fingerprint density at radius 1 is 1.32 bits per heavy atom. The Morgan fingerprint density at radius 3 is 2.80 bits per heavy atom. The fraction of sp³-hybridized carbons (Fsp3) is 0.471. The van der Waals surface area contributed by atoms with E-state index in [9.17, 15) is 9.90 Å². The third-order valence-corrected chi connectivity index (χ3v) is 4.86. The minimum Gasteiger partial charge on any atom is -0.508 e. The predicted octanol–water partition coefficient (Wildman–Crippen LogP) is 4.04. The number of anilines is 2. The Morgan fingerprint density at radius 2 is 2.12 bits per heavy atom. The molecule has 0 aliphatic carbocycles. The highest BCUT2D eigenvalue weighted by atomic mass is 32.1. The summed E-state index contributed by atoms with van der Waals surface area (Å²) in [7, 11) is 0. The topological polar surface area (TPSA) is 96.4 Å². The monoisotopic (exact) mass is 362 g/mol. The van der Waals surface area contributed by atoms with E-state index < -0.39 is 6.03 Å². The van der Waals surface area contributed by atoms with Gasteiger partial charge in [0.25, 0.3) is 0 Å². The minimum absolute atomic E-state index is 0.0115. The van der Waals surface area contributed by atoms with E-state index >= 15 is 0 Å². The van der Waals surface area contributed by atoms with Crippen molar-refractivity contribution < 1.29 is 14.6 Å². The average molecular weight is 362 g/mol. The highest BCUT2D eigenvalue weighted by Gasteiger charge is 2.22. The maximum absolute atomic E-state index is 12.2. The molecule has 3 rings (SSSR count). The first kappa shape index (κ1) is 17.6. The lowest BCUT2D eigenvalue weighted by Crippen LogP contribution is -2.20. The van der Waals surface area contributed by atoms with Gasteiger partial charge < -0.3 is 15.2 Å². The van der Waals surface area contributed by atoms with Gasteiger partial charge in [-0.2, -0.15) is 0 Å². The first-order valence-electron chi connectivity index (χ1n) is 8.19. The zero-order valence-electron chi connectivity index (χ0n) is 14.5. The molecule has 3 N–H and O–H groups in total. The molecule has 1 aliphatic rings. The van der Waals surface area contributed by atoms with E-state index in [2.05, 4.69) is 20.8 Å². The van der Waals surface area contributed by atoms with Gasteiger partial charge in [0, 0.05) is 17.9 Å². The average Bonchev–Trinajstić information content (AvgIpc) is 3.19. The van der Waals surface area contributed by atoms with Crippen LogP contribution in [0, 0.1) is 0 Å². The van der Waals surface area contributed by atoms with Crippen molar-refractivity contribution in [2.45, 2.75) is 45.1 Å². The van der Waals surface area contributed by atoms with E-state index in [0.717, 1.165) is 30.0 Å². The van der Waals surface area contributed by atoms with Crippen LogP contribution in [0.2, 0.25) is 0 Å². The van der Waals surface area contributed by atoms with Crippen molar-refractivity contribution in [3.8, 4) is 5.75 Å². The fourth-order valence-corrected chi connectivity index (χ4v) is 3.48. The number of nitrogens with zero attached hydrogens (tertiary/aromatic N) is 2. The van der Waals surface area contributed by atoms with Crippen molar-refractivity contribution in [2.75, 3.05) is 17.2 Å². The molecule has 2 amide bonds. The van der Waals surface area contributed by atoms with Gasteiger partial charge in [0.1, 0.15) is 16.9 Å². The van der Waals surface area contributed by atoms with E-state index in [-0.39, 0.29) is 17.3 Å². The summed E-state index contributed by atoms with van der Waals surface area (Å²) in [5.74, 6) is 0.212. The van der Waals surface area contributed by atoms with Crippen LogP contribution < -0.4 is 10.6 Å². The lowest BCUT2D eigenvalue weighted by Gasteiger charge is -2.21. The number of carbonyl (C=O) groups excluding carboxylic acids is 1. The van der Waals surface area contributed by atoms with Crippen molar-refractivity contribution in [1.82, 2.24) is 10.2 Å². The Labute approximate surface area is 150 Å². The SMILES string of the molecule is CC(C)(C)c1cc(NC(=O)Nc2nnc(C3CCCO3)s2)ccc1O. The van der Waals surface area contributed by atoms with Crippen LogP contribution in [0.4, 0.5) is 15.6 Å². The number of hydrogen-bond donors (Lipinski definition) is 3. The molecule has 2 aromatic rings. The number of nitrogens with one attached hydrogen (secondary N) is 2. The van der Waals surface area contributed by atoms with Gasteiger partial charge in [0.2, 0.25) is 5.13 Å². The molecule has 7 nitrogen and oxygen atoms in total. The van der Waals surface area contributed by atoms with Crippen molar-refractivity contribution in [1.29, 1.82) is 0 Å². The number of amides is 2. The molecule has 1 saturated heterocycles. The van der Waals surface area contributed by atoms with Gasteiger partial charge in [0.15, 0.2) is 0 Å². The van der Waals surface area contributed by atoms with Crippen LogP contribution in [0.1, 0.15) is 50.3 Å². The third-order valence-electron chi connectivity index (χ3n) is 3.93. The lowest BCUT2D eigenvalue weighted by molar-refractivity contribution is 0.111. The van der Waals surface area contributed by atoms with Crippen LogP contribution in [0.5, 0.6) is 5.75 Å². The number of benzene rings is 1. The number of aromatic hydroxyl groups is 1. The molecule has 8 heteroatoms. The van der Waals surface area contributed by atoms with Gasteiger partial charge in [-0.1, -0.05) is 32.1 Å². The number of carbonyl (C=O) groups is 1. The smallest absolute Gasteiger partial charge is 0.325 e. The molecule has 25 heavy (non-hydrogen) atoms. The standard InChI is InChI=1S/C17H22N4O3S/c1-17(2,3)11-9-10(6-7-12(11)22)18-15(23)19-16-21-20-14(25-16)13-5-4-8-24-13/h6-7,9,13,22H,4-5,8H2,1-3H3,(H2,18,19,21,23). The number of rotatable bonds is 3. The summed E-state index contributed by atoms with van der Waals surface area (Å²) in [6.07, 6.45) is 1.94. The van der Waals surface area contributed by atoms with Gasteiger partial charge in [-0.05, 0) is 36.5 Å². The number of aromatic nitrogens is 2. The van der Waals surface area contributed by atoms with Gasteiger partial charge in [-0.15, -0.1) is 10.2 Å². The maximum Gasteiger partial charge on any atom is 0.325 e. The maximum atomic E-state index is 12.2. The summed E-state index contributed by atoms with van der Waals surface area (Å²) in [6, 6.07) is 4.60. The molecule has 0 saturated carbocycles. The number of phenols is 1. The molecule has 1 aliphatic heterocycles. The largest absolute Gasteiger partial charge is 0.508 e. The van der Waals surface area contributed by atoms with Gasteiger partial charge in [0.05, 0.1) is 0 Å². The molecule has 1 fully saturated rings. The highest BCUT2D eigenvalue weighted by Crippen LogP contribution is 2.33. The minimum atomic E-state index is -0.402. The van der Waals surface area contributed by atoms with Crippen molar-refractivity contribution >= 4 is 28.2 Å². The van der Waals surface area contributed by atoms with E-state index in [1.54, 1.807) is 18.2 Å². The summed E-state index contributed by atoms with van der Waals surface area (Å²) < 4.78 is 5.57. The lowest BCUT2D eigenvalue weighted by atomic mass is 9.86. The zero-order valence-corrected chi connectivity index (χ0v) is 15.3. The second-order valence-electron chi connectivity index (χ2n) is 7.01. The van der Waals surface area contributed by atoms with E-state index in [0.29, 0.717) is 10.8 Å². The summed E-state index contributed by atoms with van der Waals surface area (Å²) >= 11 is 1.32. The number of ether oxygens (including phenoxy) is 1. The van der Waals surface area contributed by atoms with Gasteiger partial charge in [-0.25, -0.2) is 4.79 Å². The number of hydrogen-bond acceptors (Lipinski definition) is 6. The molecule has 1 aromatic heterocycles. The third kappa shape index (κ3) is 4.26. The Hall–Kier alpha value is -2.19. The van der Waals surface area contributed by atoms with E-state index in [4.69, 9.17) is 4.74 Å². The first-order chi connectivity index (χ1) is 11.8. The number of phenolic OH excluding ortho intramolecular Hbond substituents is 1. The molecule has 1 aromatic carbocycles. The van der Waals surface area contributed by atoms with Crippen molar-refractivity contribution in [3.63, 3.8) is 0 Å². The molecular formula is C17H22N4O3S. The van der Waals surface area contributed by atoms with Crippen molar-refractivity contribution in [3.05, 3.63) is 28.8 Å². The summed E-state index contributed by atoms with van der Waals surface area (Å²) in [4.78, 5) is 12.2. The predicted molar refractivity (Wildman–Crippen MR) is 97.3 cm³/mol. The molecule has 134 valence electrons. The first-order valence-corrected chi connectivity index (χ1v) is 9.01. The highest BCUT2D eigenvalue weighted by molar-refractivity contribution is 7.15. The molecule has 2 heterocycles. The summed E-state index contributed by atoms with van der Waals surface area (Å²) in [5, 5.41) is 24.7. The van der Waals surface area contributed by atoms with Crippen LogP contribution in [0.15, 0.2) is 18.2 Å². The van der Waals surface area contributed by atoms with Crippen LogP contribution in [-0.2, 0) is 10.2 Å². The molecule has 1 unspecified atom stereocenters. The molecule has 0 radical (unpaired) electrons. The quantitative estimate of drug-likeness (QED) is 0.716. The summed E-state index contributed by atoms with van der Waals surface area (Å²) in [5.41, 5.74) is 1.14. The van der Waals surface area contributed by atoms with Crippen LogP contribution in [0.3, 0.4) is 0 Å². The van der Waals surface area contributed by atoms with Crippen molar-refractivity contribution in [2.24, 2.45) is 0 Å². The Balaban J connectivity index is 1.65. The molecular weight excluding hydrogens is 340 g/mol. The zero-order chi connectivity index (χ0) is 18.0. The summed E-state index contributed by atoms with van der Waals surface area (Å²) in [6.45, 7) is 6.74. The molecule has 0 spiro atoms. The van der Waals surface area contributed by atoms with Gasteiger partial charge in [-0.3, -0.25) is 5.32 Å². The van der Waals surface area contributed by atoms with E-state index in [1.165, 1.54) is 11.3 Å². The molecule has 1 atom stereocenters. The van der Waals surface area contributed by atoms with Crippen LogP contribution in [0.25, 0.3) is 0 Å².